The van der Waals surface area contributed by atoms with Crippen molar-refractivity contribution in [1.29, 1.82) is 0 Å². The Labute approximate surface area is 84.4 Å². The van der Waals surface area contributed by atoms with Crippen LogP contribution in [0.5, 0.6) is 0 Å². The third-order valence-corrected chi connectivity index (χ3v) is 1.58. The van der Waals surface area contributed by atoms with Gasteiger partial charge in [0.25, 0.3) is 0 Å². The van der Waals surface area contributed by atoms with Crippen LogP contribution in [-0.4, -0.2) is 40.9 Å². The van der Waals surface area contributed by atoms with E-state index < -0.39 is 12.7 Å². The second-order valence-electron chi connectivity index (χ2n) is 2.81. The van der Waals surface area contributed by atoms with Crippen LogP contribution in [0.2, 0.25) is 0 Å². The van der Waals surface area contributed by atoms with Crippen LogP contribution in [-0.2, 0) is 0 Å². The SMILES string of the molecule is OCCN(CC(F)(F)F)c1ncccn1. The minimum Gasteiger partial charge on any atom is -0.395 e. The van der Waals surface area contributed by atoms with Crippen molar-refractivity contribution in [3.63, 3.8) is 0 Å². The summed E-state index contributed by atoms with van der Waals surface area (Å²) < 4.78 is 36.4. The van der Waals surface area contributed by atoms with Gasteiger partial charge in [-0.3, -0.25) is 0 Å². The van der Waals surface area contributed by atoms with Crippen molar-refractivity contribution in [2.75, 3.05) is 24.6 Å². The Balaban J connectivity index is 2.75. The molecular formula is C8H10F3N3O. The number of hydrogen-bond donors (Lipinski definition) is 1. The van der Waals surface area contributed by atoms with Crippen molar-refractivity contribution in [1.82, 2.24) is 9.97 Å². The van der Waals surface area contributed by atoms with E-state index in [4.69, 9.17) is 5.11 Å². The van der Waals surface area contributed by atoms with Gasteiger partial charge in [-0.1, -0.05) is 0 Å². The number of nitrogens with zero attached hydrogens (tertiary/aromatic N) is 3. The van der Waals surface area contributed by atoms with Crippen LogP contribution in [0, 0.1) is 0 Å². The third kappa shape index (κ3) is 4.11. The summed E-state index contributed by atoms with van der Waals surface area (Å²) in [6.07, 6.45) is -1.64. The number of aliphatic hydroxyl groups is 1. The molecule has 0 amide bonds. The standard InChI is InChI=1S/C8H10F3N3O/c9-8(10,11)6-14(4-5-15)7-12-2-1-3-13-7/h1-3,15H,4-6H2. The second-order valence-corrected chi connectivity index (χ2v) is 2.81. The lowest BCUT2D eigenvalue weighted by Crippen LogP contribution is -2.37. The number of alkyl halides is 3. The molecule has 7 heteroatoms. The summed E-state index contributed by atoms with van der Waals surface area (Å²) in [4.78, 5) is 8.25. The van der Waals surface area contributed by atoms with Gasteiger partial charge < -0.3 is 10.0 Å². The van der Waals surface area contributed by atoms with Crippen molar-refractivity contribution in [3.05, 3.63) is 18.5 Å². The Kier molecular flexibility index (Phi) is 3.84. The summed E-state index contributed by atoms with van der Waals surface area (Å²) in [5.74, 6) is -0.0381. The van der Waals surface area contributed by atoms with Gasteiger partial charge in [-0.2, -0.15) is 13.2 Å². The Morgan fingerprint density at radius 2 is 1.87 bits per heavy atom. The number of halogens is 3. The minimum absolute atomic E-state index is 0.0381. The maximum absolute atomic E-state index is 12.1. The first-order chi connectivity index (χ1) is 7.03. The van der Waals surface area contributed by atoms with Crippen molar-refractivity contribution < 1.29 is 18.3 Å². The van der Waals surface area contributed by atoms with Gasteiger partial charge in [0.05, 0.1) is 6.61 Å². The molecule has 0 aromatic carbocycles. The number of aliphatic hydroxyl groups excluding tert-OH is 1. The number of rotatable bonds is 4. The zero-order valence-corrected chi connectivity index (χ0v) is 7.78. The fourth-order valence-electron chi connectivity index (χ4n) is 1.04. The third-order valence-electron chi connectivity index (χ3n) is 1.58. The Hall–Kier alpha value is -1.37. The molecule has 15 heavy (non-hydrogen) atoms. The summed E-state index contributed by atoms with van der Waals surface area (Å²) in [7, 11) is 0. The molecule has 1 rings (SSSR count). The van der Waals surface area contributed by atoms with E-state index >= 15 is 0 Å². The molecule has 0 radical (unpaired) electrons. The summed E-state index contributed by atoms with van der Waals surface area (Å²) in [5, 5.41) is 8.63. The molecule has 0 fully saturated rings. The lowest BCUT2D eigenvalue weighted by molar-refractivity contribution is -0.120. The molecular weight excluding hydrogens is 211 g/mol. The molecule has 1 heterocycles. The zero-order valence-electron chi connectivity index (χ0n) is 7.78. The highest BCUT2D eigenvalue weighted by Crippen LogP contribution is 2.18. The van der Waals surface area contributed by atoms with Crippen molar-refractivity contribution in [2.24, 2.45) is 0 Å². The van der Waals surface area contributed by atoms with Crippen LogP contribution in [0.1, 0.15) is 0 Å². The first-order valence-electron chi connectivity index (χ1n) is 4.22. The molecule has 0 spiro atoms. The molecule has 0 atom stereocenters. The van der Waals surface area contributed by atoms with E-state index in [0.717, 1.165) is 4.90 Å². The van der Waals surface area contributed by atoms with E-state index in [1.54, 1.807) is 0 Å². The highest BCUT2D eigenvalue weighted by molar-refractivity contribution is 5.28. The summed E-state index contributed by atoms with van der Waals surface area (Å²) in [5.41, 5.74) is 0. The average molecular weight is 221 g/mol. The van der Waals surface area contributed by atoms with Crippen molar-refractivity contribution in [3.8, 4) is 0 Å². The highest BCUT2D eigenvalue weighted by atomic mass is 19.4. The summed E-state index contributed by atoms with van der Waals surface area (Å²) in [6.45, 7) is -1.70. The monoisotopic (exact) mass is 221 g/mol. The van der Waals surface area contributed by atoms with E-state index in [2.05, 4.69) is 9.97 Å². The second kappa shape index (κ2) is 4.92. The Bertz CT molecular complexity index is 291. The number of aromatic nitrogens is 2. The van der Waals surface area contributed by atoms with Crippen LogP contribution in [0.15, 0.2) is 18.5 Å². The fourth-order valence-corrected chi connectivity index (χ4v) is 1.04. The van der Waals surface area contributed by atoms with E-state index in [1.165, 1.54) is 18.5 Å². The van der Waals surface area contributed by atoms with Crippen LogP contribution >= 0.6 is 0 Å². The van der Waals surface area contributed by atoms with Crippen LogP contribution < -0.4 is 4.90 Å². The fraction of sp³-hybridized carbons (Fsp3) is 0.500. The summed E-state index contributed by atoms with van der Waals surface area (Å²) in [6, 6.07) is 1.51. The Morgan fingerprint density at radius 1 is 1.27 bits per heavy atom. The predicted molar refractivity (Wildman–Crippen MR) is 47.4 cm³/mol. The van der Waals surface area contributed by atoms with Gasteiger partial charge >= 0.3 is 6.18 Å². The quantitative estimate of drug-likeness (QED) is 0.818. The van der Waals surface area contributed by atoms with Crippen LogP contribution in [0.3, 0.4) is 0 Å². The first kappa shape index (κ1) is 11.7. The van der Waals surface area contributed by atoms with Gasteiger partial charge in [-0.25, -0.2) is 9.97 Å². The van der Waals surface area contributed by atoms with Crippen molar-refractivity contribution >= 4 is 5.95 Å². The molecule has 1 aromatic rings. The van der Waals surface area contributed by atoms with Gasteiger partial charge in [0.1, 0.15) is 6.54 Å². The van der Waals surface area contributed by atoms with E-state index in [1.807, 2.05) is 0 Å². The van der Waals surface area contributed by atoms with Gasteiger partial charge in [-0.05, 0) is 6.07 Å². The zero-order chi connectivity index (χ0) is 11.3. The predicted octanol–water partition coefficient (Wildman–Crippen LogP) is 0.838. The molecule has 0 aliphatic carbocycles. The van der Waals surface area contributed by atoms with Gasteiger partial charge in [0, 0.05) is 18.9 Å². The molecule has 0 unspecified atom stereocenters. The van der Waals surface area contributed by atoms with Gasteiger partial charge in [-0.15, -0.1) is 0 Å². The smallest absolute Gasteiger partial charge is 0.395 e. The molecule has 0 aliphatic heterocycles. The molecule has 84 valence electrons. The molecule has 0 saturated heterocycles. The lowest BCUT2D eigenvalue weighted by atomic mass is 10.5. The average Bonchev–Trinajstić information content (AvgIpc) is 2.17. The largest absolute Gasteiger partial charge is 0.406 e. The topological polar surface area (TPSA) is 49.2 Å². The normalized spacial score (nSPS) is 11.5. The molecule has 1 N–H and O–H groups in total. The van der Waals surface area contributed by atoms with Crippen LogP contribution in [0.25, 0.3) is 0 Å². The molecule has 0 bridgehead atoms. The highest BCUT2D eigenvalue weighted by Gasteiger charge is 2.31. The van der Waals surface area contributed by atoms with E-state index in [0.29, 0.717) is 0 Å². The van der Waals surface area contributed by atoms with Crippen molar-refractivity contribution in [2.45, 2.75) is 6.18 Å². The minimum atomic E-state index is -4.34. The first-order valence-corrected chi connectivity index (χ1v) is 4.22. The maximum Gasteiger partial charge on any atom is 0.406 e. The number of anilines is 1. The van der Waals surface area contributed by atoms with E-state index in [9.17, 15) is 13.2 Å². The molecule has 1 aromatic heterocycles. The molecule has 0 saturated carbocycles. The molecule has 4 nitrogen and oxygen atoms in total. The van der Waals surface area contributed by atoms with E-state index in [-0.39, 0.29) is 19.1 Å². The Morgan fingerprint density at radius 3 is 2.33 bits per heavy atom. The summed E-state index contributed by atoms with van der Waals surface area (Å²) >= 11 is 0. The van der Waals surface area contributed by atoms with Gasteiger partial charge in [0.2, 0.25) is 5.95 Å². The van der Waals surface area contributed by atoms with Crippen LogP contribution in [0.4, 0.5) is 19.1 Å². The molecule has 0 aliphatic rings. The van der Waals surface area contributed by atoms with Gasteiger partial charge in [0.15, 0.2) is 0 Å². The number of hydrogen-bond acceptors (Lipinski definition) is 4. The maximum atomic E-state index is 12.1. The lowest BCUT2D eigenvalue weighted by Gasteiger charge is -2.22.